The molecule has 282 valence electrons. The van der Waals surface area contributed by atoms with Gasteiger partial charge < -0.3 is 15.2 Å². The predicted molar refractivity (Wildman–Crippen MR) is 222 cm³/mol. The van der Waals surface area contributed by atoms with Crippen LogP contribution in [0.25, 0.3) is 0 Å². The number of hydrazine groups is 1. The van der Waals surface area contributed by atoms with E-state index in [4.69, 9.17) is 0 Å². The third-order valence-electron chi connectivity index (χ3n) is 15.6. The molecule has 3 heterocycles. The van der Waals surface area contributed by atoms with Gasteiger partial charge in [-0.2, -0.15) is 5.01 Å². The zero-order valence-corrected chi connectivity index (χ0v) is 32.6. The lowest BCUT2D eigenvalue weighted by atomic mass is 9.75. The Labute approximate surface area is 325 Å². The Morgan fingerprint density at radius 2 is 1.57 bits per heavy atom. The van der Waals surface area contributed by atoms with E-state index >= 15 is 0 Å². The van der Waals surface area contributed by atoms with Gasteiger partial charge in [0.1, 0.15) is 0 Å². The van der Waals surface area contributed by atoms with Gasteiger partial charge in [0.2, 0.25) is 0 Å². The van der Waals surface area contributed by atoms with Crippen molar-refractivity contribution in [3.63, 3.8) is 0 Å². The third-order valence-corrected chi connectivity index (χ3v) is 15.6. The zero-order valence-electron chi connectivity index (χ0n) is 32.6. The van der Waals surface area contributed by atoms with E-state index in [9.17, 15) is 0 Å². The summed E-state index contributed by atoms with van der Waals surface area (Å²) < 4.78 is 0. The first-order chi connectivity index (χ1) is 26.8. The molecular formula is C50H62N4. The molecule has 8 atom stereocenters. The van der Waals surface area contributed by atoms with Crippen LogP contribution in [-0.4, -0.2) is 34.7 Å². The Hall–Kier alpha value is -3.50. The first-order valence-electron chi connectivity index (χ1n) is 22.6. The van der Waals surface area contributed by atoms with Crippen molar-refractivity contribution in [2.45, 2.75) is 152 Å². The molecule has 3 aliphatic heterocycles. The van der Waals surface area contributed by atoms with Crippen molar-refractivity contribution in [2.24, 2.45) is 17.8 Å². The minimum absolute atomic E-state index is 0.384. The summed E-state index contributed by atoms with van der Waals surface area (Å²) in [6, 6.07) is 9.07. The van der Waals surface area contributed by atoms with Gasteiger partial charge in [0.25, 0.3) is 0 Å². The molecule has 4 nitrogen and oxygen atoms in total. The van der Waals surface area contributed by atoms with Crippen molar-refractivity contribution in [1.29, 1.82) is 0 Å². The third kappa shape index (κ3) is 5.70. The van der Waals surface area contributed by atoms with E-state index in [0.717, 1.165) is 13.1 Å². The van der Waals surface area contributed by atoms with Crippen LogP contribution in [0.5, 0.6) is 0 Å². The molecule has 0 amide bonds. The van der Waals surface area contributed by atoms with E-state index in [2.05, 4.69) is 99.2 Å². The topological polar surface area (TPSA) is 21.8 Å². The fraction of sp³-hybridized carbons (Fsp3) is 0.560. The normalized spacial score (nSPS) is 35.7. The second-order valence-electron chi connectivity index (χ2n) is 18.5. The van der Waals surface area contributed by atoms with Crippen LogP contribution in [0, 0.1) is 17.8 Å². The average Bonchev–Trinajstić information content (AvgIpc) is 3.92. The van der Waals surface area contributed by atoms with Crippen LogP contribution in [0.3, 0.4) is 0 Å². The number of fused-ring (bicyclic) bond motifs is 6. The van der Waals surface area contributed by atoms with Gasteiger partial charge in [-0.05, 0) is 155 Å². The van der Waals surface area contributed by atoms with E-state index in [1.165, 1.54) is 121 Å². The molecular weight excluding hydrogens is 657 g/mol. The average molecular weight is 719 g/mol. The Morgan fingerprint density at radius 1 is 0.685 bits per heavy atom. The van der Waals surface area contributed by atoms with E-state index in [1.807, 2.05) is 0 Å². The first kappa shape index (κ1) is 33.8. The molecule has 4 heteroatoms. The van der Waals surface area contributed by atoms with Gasteiger partial charge in [0.15, 0.2) is 0 Å². The summed E-state index contributed by atoms with van der Waals surface area (Å²) in [5, 5.41) is 2.64. The Morgan fingerprint density at radius 3 is 2.50 bits per heavy atom. The van der Waals surface area contributed by atoms with Gasteiger partial charge in [0, 0.05) is 52.5 Å². The molecule has 0 bridgehead atoms. The van der Waals surface area contributed by atoms with Crippen LogP contribution in [-0.2, 0) is 0 Å². The van der Waals surface area contributed by atoms with Gasteiger partial charge in [0.05, 0.1) is 18.8 Å². The van der Waals surface area contributed by atoms with Crippen molar-refractivity contribution >= 4 is 5.69 Å². The summed E-state index contributed by atoms with van der Waals surface area (Å²) in [7, 11) is 0. The molecule has 10 aliphatic rings. The Balaban J connectivity index is 0.926. The second kappa shape index (κ2) is 14.2. The van der Waals surface area contributed by atoms with Crippen LogP contribution in [0.2, 0.25) is 0 Å². The molecule has 1 fully saturated rings. The van der Waals surface area contributed by atoms with Gasteiger partial charge in [-0.3, -0.25) is 0 Å². The number of hydrogen-bond donors (Lipinski definition) is 1. The van der Waals surface area contributed by atoms with Gasteiger partial charge >= 0.3 is 0 Å². The number of rotatable bonds is 6. The summed E-state index contributed by atoms with van der Waals surface area (Å²) in [5.74, 6) is 2.93. The molecule has 1 N–H and O–H groups in total. The van der Waals surface area contributed by atoms with Crippen molar-refractivity contribution in [3.8, 4) is 0 Å². The highest BCUT2D eigenvalue weighted by atomic mass is 15.6. The molecule has 54 heavy (non-hydrogen) atoms. The summed E-state index contributed by atoms with van der Waals surface area (Å²) in [6.45, 7) is 0.958. The lowest BCUT2D eigenvalue weighted by Gasteiger charge is -2.41. The monoisotopic (exact) mass is 718 g/mol. The number of allylic oxidation sites excluding steroid dienone is 11. The summed E-state index contributed by atoms with van der Waals surface area (Å²) in [4.78, 5) is 5.86. The molecule has 0 spiro atoms. The minimum atomic E-state index is 0.384. The lowest BCUT2D eigenvalue weighted by molar-refractivity contribution is 0.154. The van der Waals surface area contributed by atoms with Crippen molar-refractivity contribution in [2.75, 3.05) is 11.6 Å². The molecule has 0 aromatic heterocycles. The fourth-order valence-electron chi connectivity index (χ4n) is 13.1. The Bertz CT molecular complexity index is 1900. The highest BCUT2D eigenvalue weighted by Crippen LogP contribution is 2.55. The molecule has 8 unspecified atom stereocenters. The number of hydrogen-bond acceptors (Lipinski definition) is 4. The highest BCUT2D eigenvalue weighted by Gasteiger charge is 2.46. The predicted octanol–water partition coefficient (Wildman–Crippen LogP) is 11.8. The standard InChI is InChI=1S/C50H62N4/c1-3-16-35(17-4-1)43-32-49(36-18-5-2-6-19-36)53(51-43)33-52-44-25-11-10-23-41(44)50-39(24-14-28-48(50)52)37-29-30-47-42(31-37)40-22-9-12-26-46(40)54(47)45-27-13-20-34-15-7-8-21-38(34)45/h2-3,5-7,14-16,18,24,28,31-32,34-37,41,44,47,49,51H,1,4,8-13,17,19-23,25-27,29-30,33H2. The number of anilines is 1. The van der Waals surface area contributed by atoms with Crippen molar-refractivity contribution in [1.82, 2.24) is 15.3 Å². The molecule has 1 aromatic carbocycles. The van der Waals surface area contributed by atoms with Crippen molar-refractivity contribution < 1.29 is 0 Å². The summed E-state index contributed by atoms with van der Waals surface area (Å²) in [5.41, 5.74) is 19.2. The lowest BCUT2D eigenvalue weighted by Crippen LogP contribution is -2.51. The largest absolute Gasteiger partial charge is 0.353 e. The quantitative estimate of drug-likeness (QED) is 0.296. The maximum atomic E-state index is 4.06. The van der Waals surface area contributed by atoms with Crippen molar-refractivity contribution in [3.05, 3.63) is 124 Å². The molecule has 11 rings (SSSR count). The van der Waals surface area contributed by atoms with Gasteiger partial charge in [-0.1, -0.05) is 79.7 Å². The van der Waals surface area contributed by atoms with Crippen LogP contribution in [0.1, 0.15) is 145 Å². The second-order valence-corrected chi connectivity index (χ2v) is 18.5. The van der Waals surface area contributed by atoms with Crippen LogP contribution < -0.4 is 10.3 Å². The molecule has 0 saturated heterocycles. The van der Waals surface area contributed by atoms with Gasteiger partial charge in [-0.15, -0.1) is 0 Å². The maximum absolute atomic E-state index is 4.06. The first-order valence-corrected chi connectivity index (χ1v) is 22.6. The van der Waals surface area contributed by atoms with Crippen LogP contribution in [0.15, 0.2) is 113 Å². The fourth-order valence-corrected chi connectivity index (χ4v) is 13.1. The zero-order chi connectivity index (χ0) is 35.6. The van der Waals surface area contributed by atoms with Crippen LogP contribution >= 0.6 is 0 Å². The number of nitrogens with zero attached hydrogens (tertiary/aromatic N) is 3. The Kier molecular flexibility index (Phi) is 8.90. The minimum Gasteiger partial charge on any atom is -0.353 e. The highest BCUT2D eigenvalue weighted by molar-refractivity contribution is 5.66. The molecule has 1 saturated carbocycles. The van der Waals surface area contributed by atoms with E-state index in [1.54, 1.807) is 44.9 Å². The van der Waals surface area contributed by atoms with Crippen LogP contribution in [0.4, 0.5) is 5.69 Å². The van der Waals surface area contributed by atoms with Gasteiger partial charge in [-0.25, -0.2) is 0 Å². The number of benzene rings is 1. The smallest absolute Gasteiger partial charge is 0.0895 e. The SMILES string of the molecule is C1=CCC(C2C=C(C3C=CCCC3)NN2CN2c3cccc(C4C=C5C6=C(CCCC6)N(C6=C7CCC=CC7CCC6)C5CC4)c3C3CCCCC32)C=C1. The molecule has 1 aromatic rings. The maximum Gasteiger partial charge on any atom is 0.0895 e. The number of nitrogens with one attached hydrogen (secondary N) is 1. The van der Waals surface area contributed by atoms with E-state index in [0.29, 0.717) is 47.7 Å². The van der Waals surface area contributed by atoms with E-state index < -0.39 is 0 Å². The van der Waals surface area contributed by atoms with E-state index in [-0.39, 0.29) is 0 Å². The summed E-state index contributed by atoms with van der Waals surface area (Å²) >= 11 is 0. The molecule has 0 radical (unpaired) electrons. The molecule has 7 aliphatic carbocycles. The summed E-state index contributed by atoms with van der Waals surface area (Å²) in [6.07, 6.45) is 49.5.